The Kier molecular flexibility index (Phi) is 3.26. The van der Waals surface area contributed by atoms with Crippen molar-refractivity contribution in [3.8, 4) is 22.6 Å². The van der Waals surface area contributed by atoms with Gasteiger partial charge in [-0.05, 0) is 44.2 Å². The van der Waals surface area contributed by atoms with Gasteiger partial charge in [-0.25, -0.2) is 9.97 Å². The topological polar surface area (TPSA) is 41.6 Å². The van der Waals surface area contributed by atoms with Crippen LogP contribution in [0.5, 0.6) is 0 Å². The number of fused-ring (bicyclic) bond motifs is 1. The lowest BCUT2D eigenvalue weighted by Gasteiger charge is -2.15. The van der Waals surface area contributed by atoms with Crippen molar-refractivity contribution in [1.29, 1.82) is 0 Å². The summed E-state index contributed by atoms with van der Waals surface area (Å²) < 4.78 is 0. The predicted octanol–water partition coefficient (Wildman–Crippen LogP) is 4.84. The second kappa shape index (κ2) is 5.41. The van der Waals surface area contributed by atoms with Crippen molar-refractivity contribution in [3.05, 3.63) is 54.0 Å². The number of nitrogens with one attached hydrogen (secondary N) is 1. The number of allylic oxidation sites excluding steroid dienone is 2. The standard InChI is InChI=1S/C19H19N3/c1-13-20-17-12-16(14-8-4-2-5-9-14)22-19(17)18(21-13)15-10-6-3-7-11-15/h2,4-5,8-10,12H,3,6-7,11H2,1H3,(H,20,21). The highest BCUT2D eigenvalue weighted by atomic mass is 14.9. The minimum atomic E-state index is 0.945. The Morgan fingerprint density at radius 2 is 1.86 bits per heavy atom. The summed E-state index contributed by atoms with van der Waals surface area (Å²) in [5, 5.41) is 0. The van der Waals surface area contributed by atoms with Crippen LogP contribution in [0.15, 0.2) is 42.5 Å². The normalized spacial score (nSPS) is 15.0. The molecule has 3 heteroatoms. The van der Waals surface area contributed by atoms with Gasteiger partial charge in [0.05, 0.1) is 17.1 Å². The zero-order valence-corrected chi connectivity index (χ0v) is 12.8. The number of benzene rings is 1. The summed E-state index contributed by atoms with van der Waals surface area (Å²) in [5.74, 6) is 0.945. The van der Waals surface area contributed by atoms with E-state index in [9.17, 15) is 0 Å². The lowest BCUT2D eigenvalue weighted by molar-refractivity contribution is 0.739. The van der Waals surface area contributed by atoms with Gasteiger partial charge in [0.2, 0.25) is 0 Å². The summed E-state index contributed by atoms with van der Waals surface area (Å²) in [4.78, 5) is 13.0. The second-order valence-electron chi connectivity index (χ2n) is 5.92. The summed E-state index contributed by atoms with van der Waals surface area (Å²) in [6, 6.07) is 12.5. The highest BCUT2D eigenvalue weighted by Crippen LogP contribution is 2.35. The largest absolute Gasteiger partial charge is 0.342 e. The molecule has 2 heterocycles. The summed E-state index contributed by atoms with van der Waals surface area (Å²) in [5.41, 5.74) is 6.65. The molecule has 0 fully saturated rings. The molecule has 1 N–H and O–H groups in total. The number of aromatic amines is 1. The van der Waals surface area contributed by atoms with Gasteiger partial charge in [0, 0.05) is 5.56 Å². The number of hydrogen-bond acceptors (Lipinski definition) is 2. The van der Waals surface area contributed by atoms with Crippen LogP contribution in [0.1, 0.15) is 37.2 Å². The number of rotatable bonds is 2. The van der Waals surface area contributed by atoms with E-state index in [1.165, 1.54) is 18.4 Å². The van der Waals surface area contributed by atoms with Gasteiger partial charge < -0.3 is 4.98 Å². The Balaban J connectivity index is 1.88. The molecule has 0 unspecified atom stereocenters. The highest BCUT2D eigenvalue weighted by molar-refractivity contribution is 5.80. The first-order valence-electron chi connectivity index (χ1n) is 7.93. The van der Waals surface area contributed by atoms with Gasteiger partial charge in [0.15, 0.2) is 0 Å². The monoisotopic (exact) mass is 289 g/mol. The van der Waals surface area contributed by atoms with Gasteiger partial charge in [-0.3, -0.25) is 0 Å². The third-order valence-corrected chi connectivity index (χ3v) is 4.25. The minimum Gasteiger partial charge on any atom is -0.342 e. The molecular formula is C19H19N3. The molecule has 1 aliphatic carbocycles. The van der Waals surface area contributed by atoms with Crippen LogP contribution in [-0.4, -0.2) is 15.0 Å². The van der Waals surface area contributed by atoms with Crippen LogP contribution < -0.4 is 0 Å². The molecule has 1 aromatic rings. The average Bonchev–Trinajstić information content (AvgIpc) is 2.99. The van der Waals surface area contributed by atoms with E-state index in [2.05, 4.69) is 29.3 Å². The van der Waals surface area contributed by atoms with E-state index in [4.69, 9.17) is 9.97 Å². The zero-order valence-electron chi connectivity index (χ0n) is 12.8. The predicted molar refractivity (Wildman–Crippen MR) is 89.6 cm³/mol. The summed E-state index contributed by atoms with van der Waals surface area (Å²) >= 11 is 0. The van der Waals surface area contributed by atoms with E-state index in [0.717, 1.165) is 47.0 Å². The zero-order chi connectivity index (χ0) is 14.9. The molecule has 3 nitrogen and oxygen atoms in total. The van der Waals surface area contributed by atoms with E-state index in [1.807, 2.05) is 25.1 Å². The van der Waals surface area contributed by atoms with E-state index >= 15 is 0 Å². The van der Waals surface area contributed by atoms with Crippen LogP contribution in [0.4, 0.5) is 0 Å². The number of nitrogens with zero attached hydrogens (tertiary/aromatic N) is 2. The molecule has 0 saturated heterocycles. The molecule has 0 saturated carbocycles. The third-order valence-electron chi connectivity index (χ3n) is 4.25. The van der Waals surface area contributed by atoms with Crippen LogP contribution >= 0.6 is 0 Å². The fraction of sp³-hybridized carbons (Fsp3) is 0.263. The minimum absolute atomic E-state index is 0.945. The van der Waals surface area contributed by atoms with Gasteiger partial charge in [-0.2, -0.15) is 0 Å². The number of H-pyrrole nitrogens is 1. The first-order valence-corrected chi connectivity index (χ1v) is 7.93. The average molecular weight is 289 g/mol. The van der Waals surface area contributed by atoms with Crippen molar-refractivity contribution in [2.45, 2.75) is 32.6 Å². The maximum atomic E-state index is 4.86. The molecular weight excluding hydrogens is 270 g/mol. The van der Waals surface area contributed by atoms with Gasteiger partial charge in [-0.1, -0.05) is 36.4 Å². The number of aromatic nitrogens is 3. The molecule has 0 amide bonds. The maximum absolute atomic E-state index is 4.86. The van der Waals surface area contributed by atoms with Crippen molar-refractivity contribution in [2.24, 2.45) is 0 Å². The van der Waals surface area contributed by atoms with E-state index < -0.39 is 0 Å². The molecule has 0 radical (unpaired) electrons. The molecule has 0 spiro atoms. The Morgan fingerprint density at radius 3 is 2.64 bits per heavy atom. The van der Waals surface area contributed by atoms with Crippen molar-refractivity contribution in [2.75, 3.05) is 0 Å². The lowest BCUT2D eigenvalue weighted by Crippen LogP contribution is -2.02. The Morgan fingerprint density at radius 1 is 1.00 bits per heavy atom. The van der Waals surface area contributed by atoms with Crippen LogP contribution in [0, 0.1) is 6.92 Å². The van der Waals surface area contributed by atoms with Crippen molar-refractivity contribution >= 4 is 5.57 Å². The summed E-state index contributed by atoms with van der Waals surface area (Å²) in [6.45, 7) is 2.02. The molecule has 1 aromatic carbocycles. The Labute approximate surface area is 130 Å². The molecule has 0 atom stereocenters. The van der Waals surface area contributed by atoms with E-state index in [1.54, 1.807) is 0 Å². The molecule has 110 valence electrons. The van der Waals surface area contributed by atoms with E-state index in [0.29, 0.717) is 0 Å². The van der Waals surface area contributed by atoms with Crippen molar-refractivity contribution in [3.63, 3.8) is 0 Å². The smallest absolute Gasteiger partial charge is 0.113 e. The van der Waals surface area contributed by atoms with Crippen LogP contribution in [0.25, 0.3) is 28.2 Å². The first-order chi connectivity index (χ1) is 10.8. The lowest BCUT2D eigenvalue weighted by atomic mass is 9.95. The number of hydrogen-bond donors (Lipinski definition) is 1. The quantitative estimate of drug-likeness (QED) is 0.733. The molecule has 2 aliphatic heterocycles. The highest BCUT2D eigenvalue weighted by Gasteiger charge is 2.20. The van der Waals surface area contributed by atoms with Gasteiger partial charge >= 0.3 is 0 Å². The van der Waals surface area contributed by atoms with Crippen molar-refractivity contribution in [1.82, 2.24) is 15.0 Å². The molecule has 4 rings (SSSR count). The molecule has 22 heavy (non-hydrogen) atoms. The molecule has 0 aromatic heterocycles. The fourth-order valence-corrected chi connectivity index (χ4v) is 3.17. The second-order valence-corrected chi connectivity index (χ2v) is 5.92. The van der Waals surface area contributed by atoms with E-state index in [-0.39, 0.29) is 0 Å². The molecule has 3 aliphatic rings. The molecule has 0 bridgehead atoms. The SMILES string of the molecule is Cc1nc(C2=CCCCC2)c2nc(-c3ccccc3)cc-2[nH]1. The van der Waals surface area contributed by atoms with Crippen LogP contribution in [-0.2, 0) is 0 Å². The van der Waals surface area contributed by atoms with Gasteiger partial charge in [0.1, 0.15) is 11.5 Å². The van der Waals surface area contributed by atoms with Crippen LogP contribution in [0.2, 0.25) is 0 Å². The van der Waals surface area contributed by atoms with Crippen LogP contribution in [0.3, 0.4) is 0 Å². The first kappa shape index (κ1) is 13.3. The van der Waals surface area contributed by atoms with Gasteiger partial charge in [0.25, 0.3) is 0 Å². The van der Waals surface area contributed by atoms with Gasteiger partial charge in [-0.15, -0.1) is 0 Å². The Bertz CT molecular complexity index is 799. The third kappa shape index (κ3) is 2.33. The summed E-state index contributed by atoms with van der Waals surface area (Å²) in [7, 11) is 0. The summed E-state index contributed by atoms with van der Waals surface area (Å²) in [6.07, 6.45) is 7.14. The Hall–Kier alpha value is -2.42. The van der Waals surface area contributed by atoms with Crippen molar-refractivity contribution < 1.29 is 0 Å². The maximum Gasteiger partial charge on any atom is 0.113 e. The fourth-order valence-electron chi connectivity index (χ4n) is 3.17. The number of aryl methyl sites for hydroxylation is 1.